The minimum Gasteiger partial charge on any atom is -0.508 e. The summed E-state index contributed by atoms with van der Waals surface area (Å²) in [6, 6.07) is 6.99. The number of benzene rings is 1. The maximum absolute atomic E-state index is 13.5. The smallest absolute Gasteiger partial charge is 0.343 e. The van der Waals surface area contributed by atoms with E-state index in [0.29, 0.717) is 29.8 Å². The average molecular weight is 435 g/mol. The molecule has 0 bridgehead atoms. The number of rotatable bonds is 5. The number of nitrogens with one attached hydrogen (secondary N) is 1. The standard InChI is InChI=1S/C24H25N3O5/c1-4-14-15-8-13(28)6-7-19(15)26-21-16(14)10-27-20(21)9-18-17(22(27)29)11-31-23(30)24(18,5-2)32-12-25-3/h6-9,25,28H,4-5,10-12H2,1-3H3/t24-/m0/s1. The van der Waals surface area contributed by atoms with E-state index in [1.165, 1.54) is 0 Å². The summed E-state index contributed by atoms with van der Waals surface area (Å²) in [7, 11) is 1.73. The SMILES string of the molecule is CCc1c2c(nc3ccc(O)cc13)-c1cc3c(c(=O)n1C2)COC(=O)[C@@]3(CC)OCNC. The molecular weight excluding hydrogens is 410 g/mol. The molecule has 8 heteroatoms. The van der Waals surface area contributed by atoms with Crippen LogP contribution in [0.5, 0.6) is 5.75 Å². The summed E-state index contributed by atoms with van der Waals surface area (Å²) in [6.45, 7) is 4.36. The molecular formula is C24H25N3O5. The lowest BCUT2D eigenvalue weighted by Crippen LogP contribution is -2.47. The van der Waals surface area contributed by atoms with E-state index in [9.17, 15) is 14.7 Å². The summed E-state index contributed by atoms with van der Waals surface area (Å²) >= 11 is 0. The zero-order valence-electron chi connectivity index (χ0n) is 18.3. The topological polar surface area (TPSA) is 103 Å². The van der Waals surface area contributed by atoms with Crippen LogP contribution in [0.1, 0.15) is 42.5 Å². The molecule has 1 atom stereocenters. The number of fused-ring (bicyclic) bond motifs is 5. The number of nitrogens with zero attached hydrogens (tertiary/aromatic N) is 2. The summed E-state index contributed by atoms with van der Waals surface area (Å²) < 4.78 is 13.1. The molecule has 0 spiro atoms. The fourth-order valence-corrected chi connectivity index (χ4v) is 4.98. The van der Waals surface area contributed by atoms with Crippen molar-refractivity contribution < 1.29 is 19.4 Å². The van der Waals surface area contributed by atoms with Gasteiger partial charge in [-0.25, -0.2) is 9.78 Å². The first-order chi connectivity index (χ1) is 15.4. The number of esters is 1. The summed E-state index contributed by atoms with van der Waals surface area (Å²) in [5.41, 5.74) is 3.65. The van der Waals surface area contributed by atoms with Crippen molar-refractivity contribution in [3.8, 4) is 17.1 Å². The molecule has 2 aliphatic heterocycles. The van der Waals surface area contributed by atoms with Crippen molar-refractivity contribution in [2.45, 2.75) is 45.4 Å². The van der Waals surface area contributed by atoms with Crippen molar-refractivity contribution in [2.75, 3.05) is 13.8 Å². The van der Waals surface area contributed by atoms with E-state index in [2.05, 4.69) is 12.2 Å². The number of aromatic nitrogens is 2. The highest BCUT2D eigenvalue weighted by molar-refractivity contribution is 5.90. The van der Waals surface area contributed by atoms with E-state index in [1.54, 1.807) is 29.8 Å². The van der Waals surface area contributed by atoms with Gasteiger partial charge in [0.2, 0.25) is 0 Å². The number of phenolic OH excluding ortho intramolecular Hbond substituents is 1. The van der Waals surface area contributed by atoms with Gasteiger partial charge in [0, 0.05) is 16.5 Å². The zero-order chi connectivity index (χ0) is 22.6. The number of cyclic esters (lactones) is 1. The van der Waals surface area contributed by atoms with Gasteiger partial charge in [0.25, 0.3) is 5.56 Å². The highest BCUT2D eigenvalue weighted by Gasteiger charge is 2.48. The molecule has 0 saturated carbocycles. The van der Waals surface area contributed by atoms with Crippen LogP contribution in [0.3, 0.4) is 0 Å². The van der Waals surface area contributed by atoms with Crippen molar-refractivity contribution in [3.05, 3.63) is 56.9 Å². The molecule has 0 aliphatic carbocycles. The van der Waals surface area contributed by atoms with E-state index in [1.807, 2.05) is 13.0 Å². The molecule has 1 aromatic carbocycles. The molecule has 2 N–H and O–H groups in total. The maximum atomic E-state index is 13.5. The number of phenols is 1. The molecule has 32 heavy (non-hydrogen) atoms. The largest absolute Gasteiger partial charge is 0.508 e. The van der Waals surface area contributed by atoms with Crippen LogP contribution in [0, 0.1) is 0 Å². The first kappa shape index (κ1) is 20.7. The molecule has 3 aromatic rings. The number of carbonyl (C=O) groups is 1. The van der Waals surface area contributed by atoms with Gasteiger partial charge >= 0.3 is 5.97 Å². The van der Waals surface area contributed by atoms with Gasteiger partial charge < -0.3 is 19.1 Å². The number of ether oxygens (including phenoxy) is 2. The average Bonchev–Trinajstić information content (AvgIpc) is 3.16. The molecule has 166 valence electrons. The van der Waals surface area contributed by atoms with Crippen LogP contribution in [0.4, 0.5) is 0 Å². The van der Waals surface area contributed by atoms with E-state index in [0.717, 1.165) is 34.1 Å². The third-order valence-corrected chi connectivity index (χ3v) is 6.57. The highest BCUT2D eigenvalue weighted by atomic mass is 16.6. The van der Waals surface area contributed by atoms with Gasteiger partial charge in [-0.3, -0.25) is 10.1 Å². The Labute approximate surface area is 184 Å². The Morgan fingerprint density at radius 1 is 1.25 bits per heavy atom. The van der Waals surface area contributed by atoms with Crippen molar-refractivity contribution in [1.82, 2.24) is 14.9 Å². The van der Waals surface area contributed by atoms with Crippen molar-refractivity contribution in [2.24, 2.45) is 0 Å². The summed E-state index contributed by atoms with van der Waals surface area (Å²) in [6.07, 6.45) is 1.07. The molecule has 0 radical (unpaired) electrons. The highest BCUT2D eigenvalue weighted by Crippen LogP contribution is 2.42. The Morgan fingerprint density at radius 3 is 2.78 bits per heavy atom. The zero-order valence-corrected chi connectivity index (χ0v) is 18.3. The van der Waals surface area contributed by atoms with Gasteiger partial charge in [0.1, 0.15) is 12.4 Å². The Balaban J connectivity index is 1.79. The Bertz CT molecular complexity index is 1330. The normalized spacial score (nSPS) is 18.9. The molecule has 2 aliphatic rings. The van der Waals surface area contributed by atoms with Gasteiger partial charge in [-0.15, -0.1) is 0 Å². The lowest BCUT2D eigenvalue weighted by atomic mass is 9.85. The minimum atomic E-state index is -1.34. The summed E-state index contributed by atoms with van der Waals surface area (Å²) in [5.74, 6) is -0.302. The van der Waals surface area contributed by atoms with Crippen LogP contribution in [-0.2, 0) is 39.4 Å². The van der Waals surface area contributed by atoms with E-state index < -0.39 is 11.6 Å². The Morgan fingerprint density at radius 2 is 2.06 bits per heavy atom. The molecule has 0 unspecified atom stereocenters. The number of hydrogen-bond acceptors (Lipinski definition) is 7. The maximum Gasteiger partial charge on any atom is 0.343 e. The van der Waals surface area contributed by atoms with Gasteiger partial charge in [-0.05, 0) is 49.7 Å². The molecule has 5 rings (SSSR count). The van der Waals surface area contributed by atoms with Crippen molar-refractivity contribution >= 4 is 16.9 Å². The first-order valence-corrected chi connectivity index (χ1v) is 10.8. The van der Waals surface area contributed by atoms with Crippen LogP contribution < -0.4 is 10.9 Å². The monoisotopic (exact) mass is 435 g/mol. The number of pyridine rings is 2. The summed E-state index contributed by atoms with van der Waals surface area (Å²) in [5, 5.41) is 13.8. The number of aryl methyl sites for hydroxylation is 1. The molecule has 0 saturated heterocycles. The predicted octanol–water partition coefficient (Wildman–Crippen LogP) is 2.55. The van der Waals surface area contributed by atoms with Gasteiger partial charge in [-0.1, -0.05) is 13.8 Å². The van der Waals surface area contributed by atoms with E-state index in [4.69, 9.17) is 14.5 Å². The molecule has 2 aromatic heterocycles. The minimum absolute atomic E-state index is 0.0712. The second kappa shape index (κ2) is 7.43. The number of aromatic hydroxyl groups is 1. The number of hydrogen-bond donors (Lipinski definition) is 2. The lowest BCUT2D eigenvalue weighted by molar-refractivity contribution is -0.182. The molecule has 4 heterocycles. The van der Waals surface area contributed by atoms with E-state index in [-0.39, 0.29) is 24.6 Å². The quantitative estimate of drug-likeness (QED) is 0.367. The summed E-state index contributed by atoms with van der Waals surface area (Å²) in [4.78, 5) is 31.2. The first-order valence-electron chi connectivity index (χ1n) is 10.8. The third-order valence-electron chi connectivity index (χ3n) is 6.57. The Hall–Kier alpha value is -3.23. The second-order valence-corrected chi connectivity index (χ2v) is 8.18. The van der Waals surface area contributed by atoms with Crippen molar-refractivity contribution in [1.29, 1.82) is 0 Å². The van der Waals surface area contributed by atoms with Crippen LogP contribution in [0.25, 0.3) is 22.3 Å². The molecule has 0 fully saturated rings. The van der Waals surface area contributed by atoms with Crippen LogP contribution in [0.15, 0.2) is 29.1 Å². The number of carbonyl (C=O) groups excluding carboxylic acids is 1. The third kappa shape index (κ3) is 2.73. The predicted molar refractivity (Wildman–Crippen MR) is 118 cm³/mol. The van der Waals surface area contributed by atoms with Gasteiger partial charge in [0.05, 0.1) is 35.7 Å². The fourth-order valence-electron chi connectivity index (χ4n) is 4.98. The molecule has 8 nitrogen and oxygen atoms in total. The lowest BCUT2D eigenvalue weighted by Gasteiger charge is -2.36. The van der Waals surface area contributed by atoms with Crippen LogP contribution in [-0.4, -0.2) is 34.4 Å². The van der Waals surface area contributed by atoms with E-state index >= 15 is 0 Å². The van der Waals surface area contributed by atoms with Crippen molar-refractivity contribution in [3.63, 3.8) is 0 Å². The van der Waals surface area contributed by atoms with Gasteiger partial charge in [0.15, 0.2) is 5.60 Å². The van der Waals surface area contributed by atoms with Gasteiger partial charge in [-0.2, -0.15) is 0 Å². The Kier molecular flexibility index (Phi) is 4.79. The fraction of sp³-hybridized carbons (Fsp3) is 0.375. The van der Waals surface area contributed by atoms with Crippen LogP contribution in [0.2, 0.25) is 0 Å². The van der Waals surface area contributed by atoms with Crippen LogP contribution >= 0.6 is 0 Å². The second-order valence-electron chi connectivity index (χ2n) is 8.18. The molecule has 0 amide bonds.